The molecule has 0 unspecified atom stereocenters. The lowest BCUT2D eigenvalue weighted by molar-refractivity contribution is 0.236. The molecule has 2 rings (SSSR count). The van der Waals surface area contributed by atoms with Crippen LogP contribution in [0.5, 0.6) is 0 Å². The van der Waals surface area contributed by atoms with E-state index < -0.39 is 0 Å². The first-order valence-electron chi connectivity index (χ1n) is 7.50. The summed E-state index contributed by atoms with van der Waals surface area (Å²) in [6.07, 6.45) is 2.44. The molecule has 0 bridgehead atoms. The molecule has 3 heteroatoms. The van der Waals surface area contributed by atoms with E-state index in [1.165, 1.54) is 44.7 Å². The SMILES string of the molecule is CN(CCc1ccccc1)CCN1CCCNCC1. The molecule has 3 nitrogen and oxygen atoms in total. The van der Waals surface area contributed by atoms with Crippen molar-refractivity contribution in [2.45, 2.75) is 12.8 Å². The minimum atomic E-state index is 1.15. The molecule has 0 aliphatic carbocycles. The van der Waals surface area contributed by atoms with E-state index in [4.69, 9.17) is 0 Å². The molecule has 0 amide bonds. The third-order valence-electron chi connectivity index (χ3n) is 3.86. The summed E-state index contributed by atoms with van der Waals surface area (Å²) in [4.78, 5) is 5.03. The minimum absolute atomic E-state index is 1.15. The molecule has 1 N–H and O–H groups in total. The number of nitrogens with zero attached hydrogens (tertiary/aromatic N) is 2. The van der Waals surface area contributed by atoms with Crippen molar-refractivity contribution in [3.8, 4) is 0 Å². The molecule has 0 atom stereocenters. The molecule has 0 radical (unpaired) electrons. The standard InChI is InChI=1S/C16H27N3/c1-18(12-8-16-6-3-2-4-7-16)14-15-19-11-5-9-17-10-13-19/h2-4,6-7,17H,5,8-15H2,1H3. The number of likely N-dealkylation sites (N-methyl/N-ethyl adjacent to an activating group) is 1. The molecule has 1 aliphatic rings. The van der Waals surface area contributed by atoms with Gasteiger partial charge in [-0.15, -0.1) is 0 Å². The lowest BCUT2D eigenvalue weighted by Gasteiger charge is -2.23. The van der Waals surface area contributed by atoms with Crippen molar-refractivity contribution in [1.29, 1.82) is 0 Å². The first kappa shape index (κ1) is 14.5. The molecule has 19 heavy (non-hydrogen) atoms. The quantitative estimate of drug-likeness (QED) is 0.836. The second-order valence-electron chi connectivity index (χ2n) is 5.48. The first-order valence-corrected chi connectivity index (χ1v) is 7.50. The van der Waals surface area contributed by atoms with Crippen LogP contribution in [-0.4, -0.2) is 62.7 Å². The second-order valence-corrected chi connectivity index (χ2v) is 5.48. The van der Waals surface area contributed by atoms with Gasteiger partial charge in [-0.25, -0.2) is 0 Å². The fourth-order valence-corrected chi connectivity index (χ4v) is 2.51. The Kier molecular flexibility index (Phi) is 6.34. The number of nitrogens with one attached hydrogen (secondary N) is 1. The van der Waals surface area contributed by atoms with Gasteiger partial charge in [0.25, 0.3) is 0 Å². The molecular weight excluding hydrogens is 234 g/mol. The zero-order valence-electron chi connectivity index (χ0n) is 12.1. The molecule has 1 saturated heterocycles. The van der Waals surface area contributed by atoms with Crippen molar-refractivity contribution in [2.75, 3.05) is 52.9 Å². The zero-order valence-corrected chi connectivity index (χ0v) is 12.1. The van der Waals surface area contributed by atoms with Crippen molar-refractivity contribution < 1.29 is 0 Å². The summed E-state index contributed by atoms with van der Waals surface area (Å²) in [6.45, 7) is 8.30. The topological polar surface area (TPSA) is 18.5 Å². The Bertz CT molecular complexity index is 331. The maximum absolute atomic E-state index is 3.46. The van der Waals surface area contributed by atoms with Crippen molar-refractivity contribution in [2.24, 2.45) is 0 Å². The fraction of sp³-hybridized carbons (Fsp3) is 0.625. The van der Waals surface area contributed by atoms with Gasteiger partial charge in [0.2, 0.25) is 0 Å². The molecule has 106 valence electrons. The van der Waals surface area contributed by atoms with Gasteiger partial charge in [-0.05, 0) is 38.5 Å². The molecule has 0 aromatic heterocycles. The highest BCUT2D eigenvalue weighted by Crippen LogP contribution is 2.01. The van der Waals surface area contributed by atoms with Gasteiger partial charge in [-0.2, -0.15) is 0 Å². The summed E-state index contributed by atoms with van der Waals surface area (Å²) in [5.74, 6) is 0. The Morgan fingerprint density at radius 3 is 2.79 bits per heavy atom. The zero-order chi connectivity index (χ0) is 13.3. The van der Waals surface area contributed by atoms with Crippen LogP contribution in [-0.2, 0) is 6.42 Å². The van der Waals surface area contributed by atoms with Gasteiger partial charge in [-0.3, -0.25) is 0 Å². The van der Waals surface area contributed by atoms with Gasteiger partial charge in [0.05, 0.1) is 0 Å². The highest BCUT2D eigenvalue weighted by Gasteiger charge is 2.09. The van der Waals surface area contributed by atoms with Crippen LogP contribution in [0.15, 0.2) is 30.3 Å². The summed E-state index contributed by atoms with van der Waals surface area (Å²) in [7, 11) is 2.24. The molecule has 1 aromatic carbocycles. The van der Waals surface area contributed by atoms with Gasteiger partial charge in [0.1, 0.15) is 0 Å². The third kappa shape index (κ3) is 5.72. The predicted molar refractivity (Wildman–Crippen MR) is 81.6 cm³/mol. The average Bonchev–Trinajstić information content (AvgIpc) is 2.73. The average molecular weight is 261 g/mol. The van der Waals surface area contributed by atoms with E-state index in [1.54, 1.807) is 0 Å². The van der Waals surface area contributed by atoms with Crippen molar-refractivity contribution >= 4 is 0 Å². The first-order chi connectivity index (χ1) is 9.34. The molecule has 1 aromatic rings. The van der Waals surface area contributed by atoms with E-state index >= 15 is 0 Å². The molecule has 0 saturated carbocycles. The monoisotopic (exact) mass is 261 g/mol. The van der Waals surface area contributed by atoms with Crippen LogP contribution >= 0.6 is 0 Å². The van der Waals surface area contributed by atoms with Crippen LogP contribution in [0.3, 0.4) is 0 Å². The van der Waals surface area contributed by atoms with E-state index in [1.807, 2.05) is 0 Å². The van der Waals surface area contributed by atoms with E-state index in [0.717, 1.165) is 19.5 Å². The molecular formula is C16H27N3. The molecule has 1 aliphatic heterocycles. The number of hydrogen-bond acceptors (Lipinski definition) is 3. The molecule has 1 heterocycles. The largest absolute Gasteiger partial charge is 0.315 e. The number of rotatable bonds is 6. The van der Waals surface area contributed by atoms with Gasteiger partial charge >= 0.3 is 0 Å². The Hall–Kier alpha value is -0.900. The normalized spacial score (nSPS) is 17.6. The maximum atomic E-state index is 3.46. The van der Waals surface area contributed by atoms with E-state index in [2.05, 4.69) is 52.5 Å². The van der Waals surface area contributed by atoms with Crippen LogP contribution in [0.2, 0.25) is 0 Å². The lowest BCUT2D eigenvalue weighted by Crippen LogP contribution is -2.36. The van der Waals surface area contributed by atoms with E-state index in [9.17, 15) is 0 Å². The summed E-state index contributed by atoms with van der Waals surface area (Å²) < 4.78 is 0. The fourth-order valence-electron chi connectivity index (χ4n) is 2.51. The number of hydrogen-bond donors (Lipinski definition) is 1. The van der Waals surface area contributed by atoms with Gasteiger partial charge in [-0.1, -0.05) is 30.3 Å². The smallest absolute Gasteiger partial charge is 0.0110 e. The van der Waals surface area contributed by atoms with Crippen LogP contribution in [0, 0.1) is 0 Å². The van der Waals surface area contributed by atoms with Crippen LogP contribution in [0.25, 0.3) is 0 Å². The maximum Gasteiger partial charge on any atom is 0.0110 e. The van der Waals surface area contributed by atoms with Gasteiger partial charge in [0.15, 0.2) is 0 Å². The highest BCUT2D eigenvalue weighted by atomic mass is 15.2. The summed E-state index contributed by atoms with van der Waals surface area (Å²) in [5.41, 5.74) is 1.44. The summed E-state index contributed by atoms with van der Waals surface area (Å²) in [5, 5.41) is 3.46. The van der Waals surface area contributed by atoms with Gasteiger partial charge < -0.3 is 15.1 Å². The van der Waals surface area contributed by atoms with Crippen molar-refractivity contribution in [1.82, 2.24) is 15.1 Å². The van der Waals surface area contributed by atoms with Crippen LogP contribution in [0.4, 0.5) is 0 Å². The lowest BCUT2D eigenvalue weighted by atomic mass is 10.1. The Morgan fingerprint density at radius 2 is 1.95 bits per heavy atom. The van der Waals surface area contributed by atoms with E-state index in [-0.39, 0.29) is 0 Å². The van der Waals surface area contributed by atoms with E-state index in [0.29, 0.717) is 0 Å². The minimum Gasteiger partial charge on any atom is -0.315 e. The predicted octanol–water partition coefficient (Wildman–Crippen LogP) is 1.46. The Morgan fingerprint density at radius 1 is 1.11 bits per heavy atom. The summed E-state index contributed by atoms with van der Waals surface area (Å²) >= 11 is 0. The van der Waals surface area contributed by atoms with Crippen LogP contribution < -0.4 is 5.32 Å². The summed E-state index contributed by atoms with van der Waals surface area (Å²) in [6, 6.07) is 10.8. The number of benzene rings is 1. The Labute approximate surface area is 117 Å². The third-order valence-corrected chi connectivity index (χ3v) is 3.86. The molecule has 0 spiro atoms. The van der Waals surface area contributed by atoms with Gasteiger partial charge in [0, 0.05) is 32.7 Å². The Balaban J connectivity index is 1.62. The highest BCUT2D eigenvalue weighted by molar-refractivity contribution is 5.14. The van der Waals surface area contributed by atoms with Crippen molar-refractivity contribution in [3.63, 3.8) is 0 Å². The molecule has 1 fully saturated rings. The van der Waals surface area contributed by atoms with Crippen molar-refractivity contribution in [3.05, 3.63) is 35.9 Å². The second kappa shape index (κ2) is 8.31. The van der Waals surface area contributed by atoms with Crippen LogP contribution in [0.1, 0.15) is 12.0 Å².